The molecule has 2 heterocycles. The van der Waals surface area contributed by atoms with Gasteiger partial charge < -0.3 is 5.73 Å². The molecule has 4 aromatic rings. The summed E-state index contributed by atoms with van der Waals surface area (Å²) >= 11 is 1.25. The molecule has 2 aromatic carbocycles. The highest BCUT2D eigenvalue weighted by atomic mass is 32.2. The van der Waals surface area contributed by atoms with Gasteiger partial charge in [0.15, 0.2) is 11.5 Å². The molecule has 4 rings (SSSR count). The summed E-state index contributed by atoms with van der Waals surface area (Å²) in [6.45, 7) is 4.02. The Hall–Kier alpha value is -3.32. The van der Waals surface area contributed by atoms with Crippen molar-refractivity contribution >= 4 is 58.4 Å². The van der Waals surface area contributed by atoms with Crippen LogP contribution in [-0.2, 0) is 36.6 Å². The summed E-state index contributed by atoms with van der Waals surface area (Å²) in [5.74, 6) is -0.199. The second-order valence-corrected chi connectivity index (χ2v) is 11.3. The number of aryl methyl sites for hydroxylation is 1. The van der Waals surface area contributed by atoms with Gasteiger partial charge in [-0.05, 0) is 49.7 Å². The largest absolute Gasteiger partial charge is 0.382 e. The van der Waals surface area contributed by atoms with Crippen molar-refractivity contribution in [1.82, 2.24) is 14.8 Å². The molecule has 0 saturated carbocycles. The number of nitrogens with zero attached hydrogens (tertiary/aromatic N) is 5. The van der Waals surface area contributed by atoms with Crippen LogP contribution in [0.1, 0.15) is 18.2 Å². The molecule has 0 aliphatic heterocycles. The summed E-state index contributed by atoms with van der Waals surface area (Å²) in [5.41, 5.74) is 7.55. The zero-order valence-corrected chi connectivity index (χ0v) is 21.7. The average molecular weight is 569 g/mol. The lowest BCUT2D eigenvalue weighted by Crippen LogP contribution is -2.11. The van der Waals surface area contributed by atoms with E-state index in [-0.39, 0.29) is 23.8 Å². The van der Waals surface area contributed by atoms with Gasteiger partial charge in [-0.2, -0.15) is 21.9 Å². The number of nitrogens with two attached hydrogens (primary N) is 1. The van der Waals surface area contributed by atoms with Crippen LogP contribution in [0.5, 0.6) is 0 Å². The molecule has 0 saturated heterocycles. The molecule has 14 nitrogen and oxygen atoms in total. The van der Waals surface area contributed by atoms with Gasteiger partial charge >= 0.3 is 0 Å². The molecule has 0 aliphatic rings. The highest BCUT2D eigenvalue weighted by Crippen LogP contribution is 2.35. The predicted molar refractivity (Wildman–Crippen MR) is 133 cm³/mol. The highest BCUT2D eigenvalue weighted by molar-refractivity contribution is 7.86. The minimum absolute atomic E-state index is 0.0589. The van der Waals surface area contributed by atoms with Gasteiger partial charge in [-0.1, -0.05) is 17.4 Å². The van der Waals surface area contributed by atoms with Crippen LogP contribution in [-0.4, -0.2) is 47.3 Å². The van der Waals surface area contributed by atoms with Crippen LogP contribution in [0, 0.1) is 6.92 Å². The molecule has 0 aliphatic carbocycles. The number of azo groups is 1. The molecule has 0 amide bonds. The Bertz CT molecular complexity index is 1730. The van der Waals surface area contributed by atoms with Crippen LogP contribution in [0.15, 0.2) is 56.4 Å². The van der Waals surface area contributed by atoms with E-state index in [1.165, 1.54) is 18.3 Å². The van der Waals surface area contributed by atoms with Gasteiger partial charge in [0, 0.05) is 0 Å². The molecule has 196 valence electrons. The van der Waals surface area contributed by atoms with Crippen molar-refractivity contribution in [2.24, 2.45) is 10.2 Å². The van der Waals surface area contributed by atoms with E-state index in [1.54, 1.807) is 6.07 Å². The summed E-state index contributed by atoms with van der Waals surface area (Å²) in [6.07, 6.45) is 0. The number of benzene rings is 2. The molecule has 0 fully saturated rings. The first-order valence-electron chi connectivity index (χ1n) is 10.4. The maximum Gasteiger partial charge on any atom is 0.296 e. The lowest BCUT2D eigenvalue weighted by molar-refractivity contribution is -0.300. The molecule has 4 N–H and O–H groups in total. The van der Waals surface area contributed by atoms with Crippen molar-refractivity contribution in [3.05, 3.63) is 47.7 Å². The van der Waals surface area contributed by atoms with Gasteiger partial charge in [0.05, 0.1) is 33.1 Å². The van der Waals surface area contributed by atoms with Gasteiger partial charge in [-0.25, -0.2) is 19.4 Å². The standard InChI is InChI=1S/C20H20N6O8S3/c1-3-33-34-10-12-4-6-14-16(8-12)35-20(22-14)24-23-18-11(2)25-26(19(18)21)15-9-13(36(27,28)29)5-7-17(15)37(30,31)32/h4-9H,3,10,21H2,1-2H3,(H,27,28,29)(H,30,31,32)/b24-23+. The van der Waals surface area contributed by atoms with Crippen molar-refractivity contribution in [3.8, 4) is 5.69 Å². The molecule has 0 bridgehead atoms. The number of thiazole rings is 1. The van der Waals surface area contributed by atoms with Crippen molar-refractivity contribution in [2.45, 2.75) is 30.2 Å². The van der Waals surface area contributed by atoms with Crippen LogP contribution < -0.4 is 5.73 Å². The fourth-order valence-corrected chi connectivity index (χ4v) is 5.26. The number of hydrogen-bond acceptors (Lipinski definition) is 12. The zero-order chi connectivity index (χ0) is 27.0. The molecule has 2 aromatic heterocycles. The van der Waals surface area contributed by atoms with Gasteiger partial charge in [-0.15, -0.1) is 10.2 Å². The third-order valence-electron chi connectivity index (χ3n) is 4.90. The number of fused-ring (bicyclic) bond motifs is 1. The Morgan fingerprint density at radius 2 is 1.81 bits per heavy atom. The number of aromatic nitrogens is 3. The second kappa shape index (κ2) is 10.2. The topological polar surface area (TPSA) is 209 Å². The SMILES string of the molecule is CCOOCc1ccc2nc(/N=N/c3c(C)nn(-c4cc(S(=O)(=O)O)ccc4S(=O)(=O)O)c3N)sc2c1. The van der Waals surface area contributed by atoms with Crippen LogP contribution in [0.3, 0.4) is 0 Å². The van der Waals surface area contributed by atoms with E-state index in [1.807, 2.05) is 19.1 Å². The van der Waals surface area contributed by atoms with Crippen molar-refractivity contribution < 1.29 is 35.7 Å². The number of nitrogen functional groups attached to an aromatic ring is 1. The first-order chi connectivity index (χ1) is 17.4. The van der Waals surface area contributed by atoms with Crippen LogP contribution >= 0.6 is 11.3 Å². The Morgan fingerprint density at radius 3 is 2.49 bits per heavy atom. The number of anilines is 1. The Kier molecular flexibility index (Phi) is 7.38. The van der Waals surface area contributed by atoms with Gasteiger partial charge in [-0.3, -0.25) is 9.11 Å². The summed E-state index contributed by atoms with van der Waals surface area (Å²) in [4.78, 5) is 13.0. The first-order valence-corrected chi connectivity index (χ1v) is 14.1. The van der Waals surface area contributed by atoms with Crippen LogP contribution in [0.25, 0.3) is 15.9 Å². The smallest absolute Gasteiger partial charge is 0.296 e. The monoisotopic (exact) mass is 568 g/mol. The Balaban J connectivity index is 1.71. The van der Waals surface area contributed by atoms with Gasteiger partial charge in [0.25, 0.3) is 20.2 Å². The molecular weight excluding hydrogens is 548 g/mol. The number of rotatable bonds is 9. The summed E-state index contributed by atoms with van der Waals surface area (Å²) < 4.78 is 67.6. The molecule has 37 heavy (non-hydrogen) atoms. The first kappa shape index (κ1) is 26.7. The minimum atomic E-state index is -4.82. The van der Waals surface area contributed by atoms with E-state index in [0.717, 1.165) is 33.1 Å². The molecular formula is C20H20N6O8S3. The van der Waals surface area contributed by atoms with Crippen molar-refractivity contribution in [3.63, 3.8) is 0 Å². The molecule has 0 radical (unpaired) electrons. The third kappa shape index (κ3) is 5.82. The molecule has 0 spiro atoms. The summed E-state index contributed by atoms with van der Waals surface area (Å²) in [7, 11) is -9.52. The van der Waals surface area contributed by atoms with Crippen LogP contribution in [0.2, 0.25) is 0 Å². The fraction of sp³-hybridized carbons (Fsp3) is 0.200. The lowest BCUT2D eigenvalue weighted by Gasteiger charge is -2.10. The Morgan fingerprint density at radius 1 is 1.05 bits per heavy atom. The van der Waals surface area contributed by atoms with E-state index in [2.05, 4.69) is 20.3 Å². The number of hydrogen-bond donors (Lipinski definition) is 3. The Labute approximate surface area is 214 Å². The predicted octanol–water partition coefficient (Wildman–Crippen LogP) is 3.75. The molecule has 17 heteroatoms. The van der Waals surface area contributed by atoms with E-state index in [0.29, 0.717) is 17.3 Å². The quantitative estimate of drug-likeness (QED) is 0.0870. The van der Waals surface area contributed by atoms with E-state index in [4.69, 9.17) is 15.5 Å². The average Bonchev–Trinajstić information content (AvgIpc) is 3.35. The fourth-order valence-electron chi connectivity index (χ4n) is 3.26. The summed E-state index contributed by atoms with van der Waals surface area (Å²) in [5, 5.41) is 12.6. The third-order valence-corrected chi connectivity index (χ3v) is 7.55. The maximum absolute atomic E-state index is 11.9. The highest BCUT2D eigenvalue weighted by Gasteiger charge is 2.24. The van der Waals surface area contributed by atoms with Gasteiger partial charge in [0.1, 0.15) is 11.5 Å². The maximum atomic E-state index is 11.9. The van der Waals surface area contributed by atoms with Crippen LogP contribution in [0.4, 0.5) is 16.6 Å². The molecule has 0 unspecified atom stereocenters. The van der Waals surface area contributed by atoms with Crippen molar-refractivity contribution in [1.29, 1.82) is 0 Å². The van der Waals surface area contributed by atoms with Crippen molar-refractivity contribution in [2.75, 3.05) is 12.3 Å². The minimum Gasteiger partial charge on any atom is -0.382 e. The van der Waals surface area contributed by atoms with E-state index in [9.17, 15) is 25.9 Å². The van der Waals surface area contributed by atoms with Gasteiger partial charge in [0.2, 0.25) is 5.13 Å². The normalized spacial score (nSPS) is 12.6. The summed E-state index contributed by atoms with van der Waals surface area (Å²) in [6, 6.07) is 7.94. The lowest BCUT2D eigenvalue weighted by atomic mass is 10.2. The van der Waals surface area contributed by atoms with E-state index < -0.39 is 35.7 Å². The second-order valence-electron chi connectivity index (χ2n) is 7.48. The van der Waals surface area contributed by atoms with E-state index >= 15 is 0 Å². The zero-order valence-electron chi connectivity index (χ0n) is 19.3. The molecule has 0 atom stereocenters.